The molecular weight excluding hydrogens is 220 g/mol. The Kier molecular flexibility index (Phi) is 3.40. The van der Waals surface area contributed by atoms with E-state index in [-0.39, 0.29) is 0 Å². The Morgan fingerprint density at radius 1 is 1.28 bits per heavy atom. The normalized spacial score (nSPS) is 29.4. The number of rotatable bonds is 3. The highest BCUT2D eigenvalue weighted by Crippen LogP contribution is 2.40. The van der Waals surface area contributed by atoms with Gasteiger partial charge in [-0.2, -0.15) is 0 Å². The second-order valence-electron chi connectivity index (χ2n) is 6.11. The molecule has 1 aliphatic heterocycles. The van der Waals surface area contributed by atoms with E-state index in [0.29, 0.717) is 12.1 Å². The summed E-state index contributed by atoms with van der Waals surface area (Å²) in [4.78, 5) is 2.60. The summed E-state index contributed by atoms with van der Waals surface area (Å²) < 4.78 is 0. The molecule has 0 bridgehead atoms. The fraction of sp³-hybridized carbons (Fsp3) is 0.625. The molecule has 18 heavy (non-hydrogen) atoms. The van der Waals surface area contributed by atoms with Crippen LogP contribution in [-0.2, 0) is 6.54 Å². The zero-order valence-electron chi connectivity index (χ0n) is 11.5. The predicted octanol–water partition coefficient (Wildman–Crippen LogP) is 2.75. The molecule has 0 amide bonds. The average molecular weight is 244 g/mol. The van der Waals surface area contributed by atoms with Gasteiger partial charge in [-0.15, -0.1) is 0 Å². The van der Waals surface area contributed by atoms with Crippen LogP contribution in [-0.4, -0.2) is 30.1 Å². The largest absolute Gasteiger partial charge is 0.311 e. The predicted molar refractivity (Wildman–Crippen MR) is 75.8 cm³/mol. The minimum Gasteiger partial charge on any atom is -0.311 e. The van der Waals surface area contributed by atoms with E-state index in [1.807, 2.05) is 0 Å². The van der Waals surface area contributed by atoms with Crippen molar-refractivity contribution in [1.82, 2.24) is 10.2 Å². The van der Waals surface area contributed by atoms with Crippen LogP contribution in [0.5, 0.6) is 0 Å². The maximum atomic E-state index is 3.55. The molecule has 1 N–H and O–H groups in total. The van der Waals surface area contributed by atoms with Crippen molar-refractivity contribution in [3.05, 3.63) is 35.4 Å². The molecule has 1 aliphatic carbocycles. The van der Waals surface area contributed by atoms with Crippen molar-refractivity contribution in [2.75, 3.05) is 13.1 Å². The van der Waals surface area contributed by atoms with Gasteiger partial charge in [0.1, 0.15) is 0 Å². The summed E-state index contributed by atoms with van der Waals surface area (Å²) in [7, 11) is 0. The zero-order chi connectivity index (χ0) is 12.5. The van der Waals surface area contributed by atoms with Crippen molar-refractivity contribution in [2.45, 2.75) is 51.2 Å². The van der Waals surface area contributed by atoms with Crippen molar-refractivity contribution < 1.29 is 0 Å². The molecule has 3 rings (SSSR count). The van der Waals surface area contributed by atoms with Crippen LogP contribution in [0.1, 0.15) is 43.7 Å². The Bertz CT molecular complexity index is 411. The minimum atomic E-state index is 0.618. The smallest absolute Gasteiger partial charge is 0.0237 e. The summed E-state index contributed by atoms with van der Waals surface area (Å²) in [5.41, 5.74) is 3.05. The third kappa shape index (κ3) is 2.76. The quantitative estimate of drug-likeness (QED) is 0.879. The zero-order valence-corrected chi connectivity index (χ0v) is 11.5. The standard InChI is InChI=1S/C16H24N2/c1-12-10-18(13(2)9-17-12)11-14-4-3-5-16(8-14)15-6-7-15/h3-5,8,12-13,15,17H,6-7,9-11H2,1-2H3. The number of piperazine rings is 1. The van der Waals surface area contributed by atoms with Crippen LogP contribution in [0.25, 0.3) is 0 Å². The van der Waals surface area contributed by atoms with Crippen LogP contribution >= 0.6 is 0 Å². The lowest BCUT2D eigenvalue weighted by atomic mass is 10.0. The Balaban J connectivity index is 1.69. The van der Waals surface area contributed by atoms with Gasteiger partial charge in [0.15, 0.2) is 0 Å². The fourth-order valence-corrected chi connectivity index (χ4v) is 2.91. The van der Waals surface area contributed by atoms with Crippen LogP contribution in [0.2, 0.25) is 0 Å². The Hall–Kier alpha value is -0.860. The van der Waals surface area contributed by atoms with Crippen LogP contribution in [0.4, 0.5) is 0 Å². The highest BCUT2D eigenvalue weighted by atomic mass is 15.2. The van der Waals surface area contributed by atoms with Gasteiger partial charge in [0.05, 0.1) is 0 Å². The maximum Gasteiger partial charge on any atom is 0.0237 e. The van der Waals surface area contributed by atoms with Crippen molar-refractivity contribution >= 4 is 0 Å². The van der Waals surface area contributed by atoms with Gasteiger partial charge in [-0.25, -0.2) is 0 Å². The highest BCUT2D eigenvalue weighted by molar-refractivity contribution is 5.29. The van der Waals surface area contributed by atoms with E-state index in [4.69, 9.17) is 0 Å². The summed E-state index contributed by atoms with van der Waals surface area (Å²) in [5, 5.41) is 3.55. The number of nitrogens with zero attached hydrogens (tertiary/aromatic N) is 1. The number of hydrogen-bond acceptors (Lipinski definition) is 2. The molecule has 0 radical (unpaired) electrons. The molecule has 1 heterocycles. The lowest BCUT2D eigenvalue weighted by Gasteiger charge is -2.37. The first kappa shape index (κ1) is 12.2. The Morgan fingerprint density at radius 2 is 2.11 bits per heavy atom. The van der Waals surface area contributed by atoms with Gasteiger partial charge < -0.3 is 5.32 Å². The van der Waals surface area contributed by atoms with Crippen LogP contribution in [0, 0.1) is 0 Å². The van der Waals surface area contributed by atoms with E-state index < -0.39 is 0 Å². The van der Waals surface area contributed by atoms with Gasteiger partial charge in [-0.1, -0.05) is 24.3 Å². The molecule has 2 unspecified atom stereocenters. The van der Waals surface area contributed by atoms with E-state index in [1.54, 1.807) is 5.56 Å². The van der Waals surface area contributed by atoms with Crippen molar-refractivity contribution in [3.8, 4) is 0 Å². The molecule has 2 nitrogen and oxygen atoms in total. The minimum absolute atomic E-state index is 0.618. The third-order valence-corrected chi connectivity index (χ3v) is 4.28. The topological polar surface area (TPSA) is 15.3 Å². The molecule has 98 valence electrons. The summed E-state index contributed by atoms with van der Waals surface area (Å²) >= 11 is 0. The number of nitrogens with one attached hydrogen (secondary N) is 1. The molecule has 2 aliphatic rings. The second-order valence-corrected chi connectivity index (χ2v) is 6.11. The van der Waals surface area contributed by atoms with Crippen molar-refractivity contribution in [2.24, 2.45) is 0 Å². The summed E-state index contributed by atoms with van der Waals surface area (Å²) in [6.07, 6.45) is 2.79. The van der Waals surface area contributed by atoms with Crippen LogP contribution in [0.3, 0.4) is 0 Å². The molecular formula is C16H24N2. The first-order valence-corrected chi connectivity index (χ1v) is 7.28. The van der Waals surface area contributed by atoms with Gasteiger partial charge in [0, 0.05) is 31.7 Å². The van der Waals surface area contributed by atoms with Crippen molar-refractivity contribution in [1.29, 1.82) is 0 Å². The van der Waals surface area contributed by atoms with E-state index in [1.165, 1.54) is 18.4 Å². The molecule has 0 aromatic heterocycles. The van der Waals surface area contributed by atoms with Crippen LogP contribution in [0.15, 0.2) is 24.3 Å². The summed E-state index contributed by atoms with van der Waals surface area (Å²) in [6.45, 7) is 7.98. The van der Waals surface area contributed by atoms with E-state index >= 15 is 0 Å². The van der Waals surface area contributed by atoms with Gasteiger partial charge in [-0.3, -0.25) is 4.90 Å². The Labute approximate surface area is 110 Å². The first-order chi connectivity index (χ1) is 8.72. The molecule has 1 aromatic carbocycles. The molecule has 2 heteroatoms. The van der Waals surface area contributed by atoms with E-state index in [9.17, 15) is 0 Å². The van der Waals surface area contributed by atoms with Gasteiger partial charge >= 0.3 is 0 Å². The number of hydrogen-bond donors (Lipinski definition) is 1. The molecule has 0 spiro atoms. The third-order valence-electron chi connectivity index (χ3n) is 4.28. The maximum absolute atomic E-state index is 3.55. The highest BCUT2D eigenvalue weighted by Gasteiger charge is 2.25. The molecule has 1 saturated heterocycles. The summed E-state index contributed by atoms with van der Waals surface area (Å²) in [5.74, 6) is 0.865. The van der Waals surface area contributed by atoms with E-state index in [2.05, 4.69) is 48.3 Å². The second kappa shape index (κ2) is 5.02. The molecule has 2 fully saturated rings. The lowest BCUT2D eigenvalue weighted by Crippen LogP contribution is -2.53. The SMILES string of the molecule is CC1CN(Cc2cccc(C3CC3)c2)C(C)CN1. The number of benzene rings is 1. The average Bonchev–Trinajstić information content (AvgIpc) is 3.18. The van der Waals surface area contributed by atoms with Gasteiger partial charge in [0.25, 0.3) is 0 Å². The first-order valence-electron chi connectivity index (χ1n) is 7.28. The monoisotopic (exact) mass is 244 g/mol. The summed E-state index contributed by atoms with van der Waals surface area (Å²) in [6, 6.07) is 10.5. The molecule has 1 saturated carbocycles. The fourth-order valence-electron chi connectivity index (χ4n) is 2.91. The lowest BCUT2D eigenvalue weighted by molar-refractivity contribution is 0.139. The van der Waals surface area contributed by atoms with Gasteiger partial charge in [0.2, 0.25) is 0 Å². The van der Waals surface area contributed by atoms with Gasteiger partial charge in [-0.05, 0) is 43.7 Å². The van der Waals surface area contributed by atoms with Crippen LogP contribution < -0.4 is 5.32 Å². The molecule has 2 atom stereocenters. The molecule has 1 aromatic rings. The van der Waals surface area contributed by atoms with E-state index in [0.717, 1.165) is 25.6 Å². The van der Waals surface area contributed by atoms with Crippen molar-refractivity contribution in [3.63, 3.8) is 0 Å². The Morgan fingerprint density at radius 3 is 2.89 bits per heavy atom.